The second kappa shape index (κ2) is 2.87. The zero-order valence-corrected chi connectivity index (χ0v) is 8.33. The molecule has 1 aromatic carbocycles. The van der Waals surface area contributed by atoms with Gasteiger partial charge in [-0.25, -0.2) is 4.98 Å². The van der Waals surface area contributed by atoms with Gasteiger partial charge in [0.1, 0.15) is 5.82 Å². The van der Waals surface area contributed by atoms with Gasteiger partial charge < -0.3 is 4.57 Å². The fraction of sp³-hybridized carbons (Fsp3) is 0.364. The van der Waals surface area contributed by atoms with Crippen molar-refractivity contribution in [3.8, 4) is 0 Å². The van der Waals surface area contributed by atoms with E-state index in [1.165, 1.54) is 11.1 Å². The van der Waals surface area contributed by atoms with Gasteiger partial charge in [0.15, 0.2) is 0 Å². The van der Waals surface area contributed by atoms with Gasteiger partial charge in [0.25, 0.3) is 0 Å². The second-order valence-corrected chi connectivity index (χ2v) is 3.43. The van der Waals surface area contributed by atoms with Crippen molar-refractivity contribution in [1.82, 2.24) is 9.55 Å². The first-order valence-electron chi connectivity index (χ1n) is 4.64. The van der Waals surface area contributed by atoms with Gasteiger partial charge in [-0.1, -0.05) is 13.0 Å². The fourth-order valence-electron chi connectivity index (χ4n) is 1.68. The van der Waals surface area contributed by atoms with Crippen LogP contribution in [0.3, 0.4) is 0 Å². The third-order valence-corrected chi connectivity index (χ3v) is 2.45. The minimum atomic E-state index is 0.990. The fourth-order valence-corrected chi connectivity index (χ4v) is 1.68. The highest BCUT2D eigenvalue weighted by Gasteiger charge is 2.04. The minimum absolute atomic E-state index is 0.990. The number of benzene rings is 1. The Balaban J connectivity index is 2.76. The predicted octanol–water partition coefficient (Wildman–Crippen LogP) is 2.44. The Morgan fingerprint density at radius 1 is 1.38 bits per heavy atom. The Kier molecular flexibility index (Phi) is 1.83. The number of hydrogen-bond donors (Lipinski definition) is 0. The van der Waals surface area contributed by atoms with E-state index >= 15 is 0 Å². The SMILES string of the molecule is CCc1nc2cc(C)ccc2n1C. The lowest BCUT2D eigenvalue weighted by Crippen LogP contribution is -1.94. The van der Waals surface area contributed by atoms with E-state index < -0.39 is 0 Å². The molecule has 0 N–H and O–H groups in total. The summed E-state index contributed by atoms with van der Waals surface area (Å²) in [6.45, 7) is 4.23. The summed E-state index contributed by atoms with van der Waals surface area (Å²) >= 11 is 0. The van der Waals surface area contributed by atoms with Gasteiger partial charge in [-0.3, -0.25) is 0 Å². The van der Waals surface area contributed by atoms with Crippen LogP contribution in [-0.4, -0.2) is 9.55 Å². The number of hydrogen-bond acceptors (Lipinski definition) is 1. The molecule has 2 nitrogen and oxygen atoms in total. The lowest BCUT2D eigenvalue weighted by molar-refractivity contribution is 0.829. The number of aryl methyl sites for hydroxylation is 3. The minimum Gasteiger partial charge on any atom is -0.331 e. The summed E-state index contributed by atoms with van der Waals surface area (Å²) in [7, 11) is 2.07. The lowest BCUT2D eigenvalue weighted by Gasteiger charge is -1.97. The molecule has 13 heavy (non-hydrogen) atoms. The molecule has 2 aromatic rings. The van der Waals surface area contributed by atoms with E-state index in [4.69, 9.17) is 0 Å². The van der Waals surface area contributed by atoms with Crippen LogP contribution in [0.5, 0.6) is 0 Å². The Morgan fingerprint density at radius 3 is 2.85 bits per heavy atom. The van der Waals surface area contributed by atoms with Crippen LogP contribution in [0.1, 0.15) is 18.3 Å². The number of imidazole rings is 1. The summed E-state index contributed by atoms with van der Waals surface area (Å²) in [4.78, 5) is 4.55. The molecule has 0 aliphatic heterocycles. The highest BCUT2D eigenvalue weighted by Crippen LogP contribution is 2.16. The molecule has 0 saturated heterocycles. The van der Waals surface area contributed by atoms with Crippen LogP contribution < -0.4 is 0 Å². The van der Waals surface area contributed by atoms with Crippen molar-refractivity contribution < 1.29 is 0 Å². The van der Waals surface area contributed by atoms with E-state index in [0.29, 0.717) is 0 Å². The maximum atomic E-state index is 4.55. The molecule has 1 heterocycles. The summed E-state index contributed by atoms with van der Waals surface area (Å²) < 4.78 is 2.16. The molecule has 0 aliphatic rings. The second-order valence-electron chi connectivity index (χ2n) is 3.43. The maximum absolute atomic E-state index is 4.55. The third kappa shape index (κ3) is 1.22. The molecule has 2 heteroatoms. The van der Waals surface area contributed by atoms with Crippen molar-refractivity contribution in [2.75, 3.05) is 0 Å². The number of fused-ring (bicyclic) bond motifs is 1. The van der Waals surface area contributed by atoms with Crippen LogP contribution in [-0.2, 0) is 13.5 Å². The van der Waals surface area contributed by atoms with E-state index in [9.17, 15) is 0 Å². The predicted molar refractivity (Wildman–Crippen MR) is 54.8 cm³/mol. The standard InChI is InChI=1S/C11H14N2/c1-4-11-12-9-7-8(2)5-6-10(9)13(11)3/h5-7H,4H2,1-3H3. The van der Waals surface area contributed by atoms with Crippen LogP contribution >= 0.6 is 0 Å². The molecule has 0 amide bonds. The van der Waals surface area contributed by atoms with E-state index in [1.807, 2.05) is 0 Å². The van der Waals surface area contributed by atoms with Crippen LogP contribution in [0.2, 0.25) is 0 Å². The van der Waals surface area contributed by atoms with Crippen LogP contribution in [0, 0.1) is 6.92 Å². The van der Waals surface area contributed by atoms with Crippen molar-refractivity contribution in [2.24, 2.45) is 7.05 Å². The van der Waals surface area contributed by atoms with Gasteiger partial charge >= 0.3 is 0 Å². The van der Waals surface area contributed by atoms with Gasteiger partial charge in [-0.05, 0) is 24.6 Å². The summed E-state index contributed by atoms with van der Waals surface area (Å²) in [5, 5.41) is 0. The van der Waals surface area contributed by atoms with Crippen molar-refractivity contribution in [1.29, 1.82) is 0 Å². The average Bonchev–Trinajstić information content (AvgIpc) is 2.42. The highest BCUT2D eigenvalue weighted by atomic mass is 15.1. The third-order valence-electron chi connectivity index (χ3n) is 2.45. The van der Waals surface area contributed by atoms with Crippen molar-refractivity contribution in [2.45, 2.75) is 20.3 Å². The first kappa shape index (κ1) is 8.30. The normalized spacial score (nSPS) is 11.0. The first-order valence-corrected chi connectivity index (χ1v) is 4.64. The summed E-state index contributed by atoms with van der Waals surface area (Å²) in [5.41, 5.74) is 3.61. The van der Waals surface area contributed by atoms with Crippen molar-refractivity contribution in [3.63, 3.8) is 0 Å². The summed E-state index contributed by atoms with van der Waals surface area (Å²) in [6.07, 6.45) is 0.990. The number of nitrogens with zero attached hydrogens (tertiary/aromatic N) is 2. The van der Waals surface area contributed by atoms with Crippen LogP contribution in [0.25, 0.3) is 11.0 Å². The molecule has 0 radical (unpaired) electrons. The highest BCUT2D eigenvalue weighted by molar-refractivity contribution is 5.76. The van der Waals surface area contributed by atoms with E-state index in [2.05, 4.69) is 48.6 Å². The van der Waals surface area contributed by atoms with Gasteiger partial charge in [0, 0.05) is 13.5 Å². The zero-order valence-electron chi connectivity index (χ0n) is 8.33. The van der Waals surface area contributed by atoms with Crippen molar-refractivity contribution in [3.05, 3.63) is 29.6 Å². The van der Waals surface area contributed by atoms with Crippen LogP contribution in [0.4, 0.5) is 0 Å². The van der Waals surface area contributed by atoms with Crippen molar-refractivity contribution >= 4 is 11.0 Å². The quantitative estimate of drug-likeness (QED) is 0.649. The summed E-state index contributed by atoms with van der Waals surface area (Å²) in [6, 6.07) is 6.40. The number of rotatable bonds is 1. The van der Waals surface area contributed by atoms with Gasteiger partial charge in [0.2, 0.25) is 0 Å². The van der Waals surface area contributed by atoms with Gasteiger partial charge in [0.05, 0.1) is 11.0 Å². The summed E-state index contributed by atoms with van der Waals surface area (Å²) in [5.74, 6) is 1.15. The Bertz CT molecular complexity index is 441. The smallest absolute Gasteiger partial charge is 0.109 e. The maximum Gasteiger partial charge on any atom is 0.109 e. The van der Waals surface area contributed by atoms with E-state index in [1.54, 1.807) is 0 Å². The molecule has 0 fully saturated rings. The molecule has 0 saturated carbocycles. The molecule has 68 valence electrons. The van der Waals surface area contributed by atoms with Gasteiger partial charge in [-0.2, -0.15) is 0 Å². The molecule has 0 spiro atoms. The molecular weight excluding hydrogens is 160 g/mol. The topological polar surface area (TPSA) is 17.8 Å². The first-order chi connectivity index (χ1) is 6.22. The van der Waals surface area contributed by atoms with E-state index in [-0.39, 0.29) is 0 Å². The monoisotopic (exact) mass is 174 g/mol. The Hall–Kier alpha value is -1.31. The molecule has 0 unspecified atom stereocenters. The Morgan fingerprint density at radius 2 is 2.15 bits per heavy atom. The molecule has 1 aromatic heterocycles. The zero-order chi connectivity index (χ0) is 9.42. The molecular formula is C11H14N2. The van der Waals surface area contributed by atoms with E-state index in [0.717, 1.165) is 17.8 Å². The Labute approximate surface area is 78.2 Å². The largest absolute Gasteiger partial charge is 0.331 e. The molecule has 0 bridgehead atoms. The molecule has 0 atom stereocenters. The number of aromatic nitrogens is 2. The van der Waals surface area contributed by atoms with Gasteiger partial charge in [-0.15, -0.1) is 0 Å². The average molecular weight is 174 g/mol. The lowest BCUT2D eigenvalue weighted by atomic mass is 10.2. The van der Waals surface area contributed by atoms with Crippen LogP contribution in [0.15, 0.2) is 18.2 Å². The molecule has 2 rings (SSSR count). The molecule has 0 aliphatic carbocycles.